The van der Waals surface area contributed by atoms with E-state index in [0.717, 1.165) is 17.7 Å². The molecule has 94 valence electrons. The maximum Gasteiger partial charge on any atom is 0.254 e. The van der Waals surface area contributed by atoms with Gasteiger partial charge in [-0.2, -0.15) is 0 Å². The van der Waals surface area contributed by atoms with E-state index in [-0.39, 0.29) is 5.91 Å². The first-order chi connectivity index (χ1) is 8.66. The van der Waals surface area contributed by atoms with Gasteiger partial charge in [0.15, 0.2) is 0 Å². The average Bonchev–Trinajstić information content (AvgIpc) is 2.78. The Balaban J connectivity index is 1.84. The number of carbonyl (C=O) groups excluding carboxylic acids is 1. The first-order valence-electron chi connectivity index (χ1n) is 5.83. The predicted molar refractivity (Wildman–Crippen MR) is 70.3 cm³/mol. The molecule has 0 radical (unpaired) electrons. The van der Waals surface area contributed by atoms with Crippen LogP contribution in [0.25, 0.3) is 0 Å². The second-order valence-corrected chi connectivity index (χ2v) is 4.14. The number of hydrogen-bond acceptors (Lipinski definition) is 3. The summed E-state index contributed by atoms with van der Waals surface area (Å²) in [6, 6.07) is 9.32. The van der Waals surface area contributed by atoms with Gasteiger partial charge in [-0.05, 0) is 37.1 Å². The highest BCUT2D eigenvalue weighted by atomic mass is 16.3. The second-order valence-electron chi connectivity index (χ2n) is 4.14. The van der Waals surface area contributed by atoms with Crippen LogP contribution in [0, 0.1) is 6.92 Å². The summed E-state index contributed by atoms with van der Waals surface area (Å²) in [6.07, 6.45) is 2.30. The Labute approximate surface area is 106 Å². The number of nitrogen functional groups attached to an aromatic ring is 1. The number of amides is 1. The molecular formula is C14H16N2O2. The zero-order chi connectivity index (χ0) is 13.0. The zero-order valence-electron chi connectivity index (χ0n) is 10.3. The molecule has 0 bridgehead atoms. The highest BCUT2D eigenvalue weighted by molar-refractivity contribution is 5.95. The van der Waals surface area contributed by atoms with E-state index in [1.54, 1.807) is 13.0 Å². The molecule has 1 amide bonds. The van der Waals surface area contributed by atoms with E-state index in [9.17, 15) is 4.79 Å². The SMILES string of the molecule is Cc1occc1C(=O)NCCc1ccc(N)cc1. The number of nitrogens with two attached hydrogens (primary N) is 1. The molecule has 1 aromatic carbocycles. The van der Waals surface area contributed by atoms with Gasteiger partial charge in [0.1, 0.15) is 5.76 Å². The summed E-state index contributed by atoms with van der Waals surface area (Å²) in [5.41, 5.74) is 8.09. The fraction of sp³-hybridized carbons (Fsp3) is 0.214. The van der Waals surface area contributed by atoms with Crippen molar-refractivity contribution in [3.63, 3.8) is 0 Å². The molecule has 4 heteroatoms. The van der Waals surface area contributed by atoms with Gasteiger partial charge in [-0.25, -0.2) is 0 Å². The Morgan fingerprint density at radius 3 is 2.61 bits per heavy atom. The van der Waals surface area contributed by atoms with Crippen LogP contribution in [0.5, 0.6) is 0 Å². The van der Waals surface area contributed by atoms with Gasteiger partial charge in [0, 0.05) is 12.2 Å². The molecular weight excluding hydrogens is 228 g/mol. The van der Waals surface area contributed by atoms with Crippen LogP contribution in [-0.4, -0.2) is 12.5 Å². The smallest absolute Gasteiger partial charge is 0.254 e. The molecule has 18 heavy (non-hydrogen) atoms. The van der Waals surface area contributed by atoms with Gasteiger partial charge in [-0.1, -0.05) is 12.1 Å². The van der Waals surface area contributed by atoms with E-state index in [4.69, 9.17) is 10.2 Å². The van der Waals surface area contributed by atoms with Gasteiger partial charge < -0.3 is 15.5 Å². The Bertz CT molecular complexity index is 529. The number of nitrogens with one attached hydrogen (secondary N) is 1. The van der Waals surface area contributed by atoms with E-state index >= 15 is 0 Å². The summed E-state index contributed by atoms with van der Waals surface area (Å²) >= 11 is 0. The first kappa shape index (κ1) is 12.2. The van der Waals surface area contributed by atoms with Crippen molar-refractivity contribution in [3.8, 4) is 0 Å². The number of furan rings is 1. The molecule has 0 aliphatic carbocycles. The standard InChI is InChI=1S/C14H16N2O2/c1-10-13(7-9-18-10)14(17)16-8-6-11-2-4-12(15)5-3-11/h2-5,7,9H,6,8,15H2,1H3,(H,16,17). The van der Waals surface area contributed by atoms with Crippen molar-refractivity contribution >= 4 is 11.6 Å². The number of aryl methyl sites for hydroxylation is 1. The van der Waals surface area contributed by atoms with Crippen LogP contribution >= 0.6 is 0 Å². The highest BCUT2D eigenvalue weighted by Crippen LogP contribution is 2.08. The van der Waals surface area contributed by atoms with Crippen LogP contribution in [0.15, 0.2) is 41.0 Å². The molecule has 0 atom stereocenters. The molecule has 0 aliphatic rings. The lowest BCUT2D eigenvalue weighted by Gasteiger charge is -2.05. The Morgan fingerprint density at radius 1 is 1.28 bits per heavy atom. The van der Waals surface area contributed by atoms with Crippen LogP contribution < -0.4 is 11.1 Å². The maximum atomic E-state index is 11.8. The third-order valence-electron chi connectivity index (χ3n) is 2.78. The lowest BCUT2D eigenvalue weighted by molar-refractivity contribution is 0.0952. The summed E-state index contributed by atoms with van der Waals surface area (Å²) in [4.78, 5) is 11.8. The molecule has 0 aliphatic heterocycles. The number of carbonyl (C=O) groups is 1. The van der Waals surface area contributed by atoms with E-state index in [0.29, 0.717) is 17.9 Å². The normalized spacial score (nSPS) is 10.3. The monoisotopic (exact) mass is 244 g/mol. The summed E-state index contributed by atoms with van der Waals surface area (Å²) in [7, 11) is 0. The molecule has 1 aromatic heterocycles. The van der Waals surface area contributed by atoms with E-state index < -0.39 is 0 Å². The molecule has 4 nitrogen and oxygen atoms in total. The van der Waals surface area contributed by atoms with Crippen LogP contribution in [0.3, 0.4) is 0 Å². The van der Waals surface area contributed by atoms with Crippen LogP contribution in [0.1, 0.15) is 21.7 Å². The van der Waals surface area contributed by atoms with Gasteiger partial charge >= 0.3 is 0 Å². The summed E-state index contributed by atoms with van der Waals surface area (Å²) < 4.78 is 5.09. The lowest BCUT2D eigenvalue weighted by Crippen LogP contribution is -2.25. The molecule has 2 aromatic rings. The topological polar surface area (TPSA) is 68.3 Å². The minimum absolute atomic E-state index is 0.100. The van der Waals surface area contributed by atoms with E-state index in [2.05, 4.69) is 5.32 Å². The zero-order valence-corrected chi connectivity index (χ0v) is 10.3. The van der Waals surface area contributed by atoms with Crippen molar-refractivity contribution in [3.05, 3.63) is 53.5 Å². The van der Waals surface area contributed by atoms with Crippen molar-refractivity contribution in [1.29, 1.82) is 0 Å². The minimum Gasteiger partial charge on any atom is -0.469 e. The Hall–Kier alpha value is -2.23. The maximum absolute atomic E-state index is 11.8. The number of rotatable bonds is 4. The third kappa shape index (κ3) is 2.91. The van der Waals surface area contributed by atoms with Crippen molar-refractivity contribution in [2.45, 2.75) is 13.3 Å². The van der Waals surface area contributed by atoms with Gasteiger partial charge in [0.25, 0.3) is 5.91 Å². The van der Waals surface area contributed by atoms with E-state index in [1.807, 2.05) is 24.3 Å². The van der Waals surface area contributed by atoms with E-state index in [1.165, 1.54) is 6.26 Å². The van der Waals surface area contributed by atoms with Crippen LogP contribution in [-0.2, 0) is 6.42 Å². The average molecular weight is 244 g/mol. The molecule has 0 saturated carbocycles. The molecule has 0 fully saturated rings. The quantitative estimate of drug-likeness (QED) is 0.810. The Morgan fingerprint density at radius 2 is 2.00 bits per heavy atom. The van der Waals surface area contributed by atoms with Crippen molar-refractivity contribution < 1.29 is 9.21 Å². The van der Waals surface area contributed by atoms with Gasteiger partial charge in [-0.15, -0.1) is 0 Å². The second kappa shape index (κ2) is 5.40. The van der Waals surface area contributed by atoms with Crippen molar-refractivity contribution in [2.75, 3.05) is 12.3 Å². The van der Waals surface area contributed by atoms with Crippen molar-refractivity contribution in [1.82, 2.24) is 5.32 Å². The van der Waals surface area contributed by atoms with Crippen LogP contribution in [0.2, 0.25) is 0 Å². The van der Waals surface area contributed by atoms with Gasteiger partial charge in [0.2, 0.25) is 0 Å². The summed E-state index contributed by atoms with van der Waals surface area (Å²) in [5, 5.41) is 2.86. The largest absolute Gasteiger partial charge is 0.469 e. The molecule has 0 unspecified atom stereocenters. The predicted octanol–water partition coefficient (Wildman–Crippen LogP) is 2.14. The Kier molecular flexibility index (Phi) is 3.67. The molecule has 2 rings (SSSR count). The molecule has 1 heterocycles. The first-order valence-corrected chi connectivity index (χ1v) is 5.83. The molecule has 3 N–H and O–H groups in total. The highest BCUT2D eigenvalue weighted by Gasteiger charge is 2.10. The van der Waals surface area contributed by atoms with Gasteiger partial charge in [-0.3, -0.25) is 4.79 Å². The fourth-order valence-corrected chi connectivity index (χ4v) is 1.72. The fourth-order valence-electron chi connectivity index (χ4n) is 1.72. The van der Waals surface area contributed by atoms with Crippen LogP contribution in [0.4, 0.5) is 5.69 Å². The number of hydrogen-bond donors (Lipinski definition) is 2. The third-order valence-corrected chi connectivity index (χ3v) is 2.78. The lowest BCUT2D eigenvalue weighted by atomic mass is 10.1. The minimum atomic E-state index is -0.100. The summed E-state index contributed by atoms with van der Waals surface area (Å²) in [5.74, 6) is 0.539. The summed E-state index contributed by atoms with van der Waals surface area (Å²) in [6.45, 7) is 2.36. The molecule has 0 spiro atoms. The number of anilines is 1. The molecule has 0 saturated heterocycles. The van der Waals surface area contributed by atoms with Crippen molar-refractivity contribution in [2.24, 2.45) is 0 Å². The number of benzene rings is 1. The van der Waals surface area contributed by atoms with Gasteiger partial charge in [0.05, 0.1) is 11.8 Å².